The van der Waals surface area contributed by atoms with Gasteiger partial charge in [-0.3, -0.25) is 4.79 Å². The van der Waals surface area contributed by atoms with Crippen molar-refractivity contribution in [2.45, 2.75) is 58.7 Å². The molecule has 0 aromatic heterocycles. The van der Waals surface area contributed by atoms with Crippen LogP contribution in [0.4, 0.5) is 0 Å². The Morgan fingerprint density at radius 3 is 2.24 bits per heavy atom. The first kappa shape index (κ1) is 22.9. The Morgan fingerprint density at radius 1 is 1.03 bits per heavy atom. The molecule has 4 N–H and O–H groups in total. The third-order valence-corrected chi connectivity index (χ3v) is 4.93. The minimum Gasteiger partial charge on any atom is -0.483 e. The predicted molar refractivity (Wildman–Crippen MR) is 117 cm³/mol. The van der Waals surface area contributed by atoms with Gasteiger partial charge in [0.2, 0.25) is 0 Å². The Labute approximate surface area is 174 Å². The summed E-state index contributed by atoms with van der Waals surface area (Å²) in [7, 11) is 0. The lowest BCUT2D eigenvalue weighted by Gasteiger charge is -2.27. The highest BCUT2D eigenvalue weighted by molar-refractivity contribution is 5.78. The van der Waals surface area contributed by atoms with Crippen LogP contribution in [0.1, 0.15) is 49.4 Å². The van der Waals surface area contributed by atoms with Gasteiger partial charge in [-0.25, -0.2) is 0 Å². The van der Waals surface area contributed by atoms with Gasteiger partial charge in [-0.1, -0.05) is 62.4 Å². The van der Waals surface area contributed by atoms with Crippen molar-refractivity contribution in [3.8, 4) is 5.75 Å². The van der Waals surface area contributed by atoms with Gasteiger partial charge in [0.1, 0.15) is 5.75 Å². The van der Waals surface area contributed by atoms with Gasteiger partial charge in [0.15, 0.2) is 6.61 Å². The van der Waals surface area contributed by atoms with E-state index in [-0.39, 0.29) is 18.6 Å². The van der Waals surface area contributed by atoms with Crippen LogP contribution in [0.2, 0.25) is 0 Å². The molecule has 0 unspecified atom stereocenters. The Kier molecular flexibility index (Phi) is 8.68. The van der Waals surface area contributed by atoms with E-state index < -0.39 is 12.1 Å². The zero-order valence-electron chi connectivity index (χ0n) is 17.9. The molecule has 1 amide bonds. The highest BCUT2D eigenvalue weighted by Gasteiger charge is 2.25. The van der Waals surface area contributed by atoms with E-state index in [1.54, 1.807) is 0 Å². The summed E-state index contributed by atoms with van der Waals surface area (Å²) >= 11 is 0. The van der Waals surface area contributed by atoms with E-state index in [0.717, 1.165) is 28.9 Å². The van der Waals surface area contributed by atoms with Gasteiger partial charge in [-0.15, -0.1) is 0 Å². The number of ether oxygens (including phenoxy) is 1. The molecule has 0 saturated heterocycles. The minimum atomic E-state index is -0.782. The SMILES string of the molecule is Cc1cccc(C)c1OCC(=O)N[C@H](c1ccccc1)[C@@H](O)C[C@@H](N)CC(C)C. The summed E-state index contributed by atoms with van der Waals surface area (Å²) in [6.45, 7) is 8.00. The summed E-state index contributed by atoms with van der Waals surface area (Å²) in [6.07, 6.45) is 0.452. The van der Waals surface area contributed by atoms with Gasteiger partial charge >= 0.3 is 0 Å². The molecule has 2 aromatic rings. The molecule has 2 aromatic carbocycles. The van der Waals surface area contributed by atoms with E-state index in [1.165, 1.54) is 0 Å². The van der Waals surface area contributed by atoms with Crippen LogP contribution in [0.15, 0.2) is 48.5 Å². The third kappa shape index (κ3) is 7.18. The van der Waals surface area contributed by atoms with Gasteiger partial charge < -0.3 is 20.9 Å². The summed E-state index contributed by atoms with van der Waals surface area (Å²) in [5.41, 5.74) is 9.00. The zero-order chi connectivity index (χ0) is 21.4. The van der Waals surface area contributed by atoms with Crippen molar-refractivity contribution in [3.63, 3.8) is 0 Å². The molecule has 5 nitrogen and oxygen atoms in total. The van der Waals surface area contributed by atoms with Crippen LogP contribution < -0.4 is 15.8 Å². The maximum atomic E-state index is 12.6. The highest BCUT2D eigenvalue weighted by atomic mass is 16.5. The lowest BCUT2D eigenvalue weighted by Crippen LogP contribution is -2.41. The molecule has 158 valence electrons. The van der Waals surface area contributed by atoms with E-state index in [9.17, 15) is 9.90 Å². The lowest BCUT2D eigenvalue weighted by molar-refractivity contribution is -0.124. The number of carbonyl (C=O) groups excluding carboxylic acids is 1. The molecule has 0 aliphatic heterocycles. The van der Waals surface area contributed by atoms with Gasteiger partial charge in [-0.05, 0) is 49.3 Å². The van der Waals surface area contributed by atoms with Gasteiger partial charge in [0.25, 0.3) is 5.91 Å². The zero-order valence-corrected chi connectivity index (χ0v) is 17.9. The van der Waals surface area contributed by atoms with E-state index in [0.29, 0.717) is 12.3 Å². The summed E-state index contributed by atoms with van der Waals surface area (Å²) in [5, 5.41) is 13.8. The predicted octanol–water partition coefficient (Wildman–Crippen LogP) is 3.66. The summed E-state index contributed by atoms with van der Waals surface area (Å²) in [6, 6.07) is 14.7. The number of hydrogen-bond donors (Lipinski definition) is 3. The van der Waals surface area contributed by atoms with Crippen LogP contribution in [-0.2, 0) is 4.79 Å². The molecule has 0 fully saturated rings. The fourth-order valence-corrected chi connectivity index (χ4v) is 3.59. The number of aliphatic hydroxyl groups is 1. The third-order valence-electron chi connectivity index (χ3n) is 4.93. The van der Waals surface area contributed by atoms with Crippen LogP contribution in [0.25, 0.3) is 0 Å². The second kappa shape index (κ2) is 11.0. The fraction of sp³-hybridized carbons (Fsp3) is 0.458. The number of rotatable bonds is 10. The normalized spacial score (nSPS) is 14.3. The van der Waals surface area contributed by atoms with Crippen LogP contribution >= 0.6 is 0 Å². The molecule has 3 atom stereocenters. The van der Waals surface area contributed by atoms with E-state index >= 15 is 0 Å². The van der Waals surface area contributed by atoms with Gasteiger partial charge in [-0.2, -0.15) is 0 Å². The molecule has 0 radical (unpaired) electrons. The van der Waals surface area contributed by atoms with Gasteiger partial charge in [0.05, 0.1) is 12.1 Å². The minimum absolute atomic E-state index is 0.111. The number of para-hydroxylation sites is 1. The summed E-state index contributed by atoms with van der Waals surface area (Å²) in [4.78, 5) is 12.6. The quantitative estimate of drug-likeness (QED) is 0.570. The second-order valence-corrected chi connectivity index (χ2v) is 8.16. The highest BCUT2D eigenvalue weighted by Crippen LogP contribution is 2.23. The molecule has 2 rings (SSSR count). The summed E-state index contributed by atoms with van der Waals surface area (Å²) in [5.74, 6) is 0.893. The molecule has 0 saturated carbocycles. The topological polar surface area (TPSA) is 84.6 Å². The molecule has 29 heavy (non-hydrogen) atoms. The van der Waals surface area contributed by atoms with Crippen LogP contribution in [0.5, 0.6) is 5.75 Å². The van der Waals surface area contributed by atoms with Crippen molar-refractivity contribution >= 4 is 5.91 Å². The molecule has 0 aliphatic carbocycles. The van der Waals surface area contributed by atoms with Crippen molar-refractivity contribution in [1.82, 2.24) is 5.32 Å². The molecule has 0 aliphatic rings. The molecule has 0 spiro atoms. The first-order chi connectivity index (χ1) is 13.8. The lowest BCUT2D eigenvalue weighted by atomic mass is 9.93. The smallest absolute Gasteiger partial charge is 0.258 e. The fourth-order valence-electron chi connectivity index (χ4n) is 3.59. The number of hydrogen-bond acceptors (Lipinski definition) is 4. The van der Waals surface area contributed by atoms with Crippen LogP contribution in [0.3, 0.4) is 0 Å². The number of benzene rings is 2. The maximum absolute atomic E-state index is 12.6. The molecular weight excluding hydrogens is 364 g/mol. The van der Waals surface area contributed by atoms with E-state index in [2.05, 4.69) is 19.2 Å². The number of aliphatic hydroxyl groups excluding tert-OH is 1. The van der Waals surface area contributed by atoms with E-state index in [1.807, 2.05) is 62.4 Å². The average molecular weight is 399 g/mol. The number of aryl methyl sites for hydroxylation is 2. The molecule has 5 heteroatoms. The van der Waals surface area contributed by atoms with E-state index in [4.69, 9.17) is 10.5 Å². The Hall–Kier alpha value is -2.37. The Bertz CT molecular complexity index is 757. The average Bonchev–Trinajstić information content (AvgIpc) is 2.65. The number of amides is 1. The number of nitrogens with two attached hydrogens (primary N) is 1. The van der Waals surface area contributed by atoms with Gasteiger partial charge in [0, 0.05) is 6.04 Å². The van der Waals surface area contributed by atoms with Crippen LogP contribution in [-0.4, -0.2) is 29.8 Å². The summed E-state index contributed by atoms with van der Waals surface area (Å²) < 4.78 is 5.76. The van der Waals surface area contributed by atoms with Crippen molar-refractivity contribution < 1.29 is 14.6 Å². The largest absolute Gasteiger partial charge is 0.483 e. The van der Waals surface area contributed by atoms with Crippen molar-refractivity contribution in [3.05, 3.63) is 65.2 Å². The monoisotopic (exact) mass is 398 g/mol. The van der Waals surface area contributed by atoms with Crippen molar-refractivity contribution in [1.29, 1.82) is 0 Å². The van der Waals surface area contributed by atoms with Crippen molar-refractivity contribution in [2.75, 3.05) is 6.61 Å². The number of carbonyl (C=O) groups is 1. The molecule has 0 heterocycles. The van der Waals surface area contributed by atoms with Crippen LogP contribution in [0, 0.1) is 19.8 Å². The molecule has 0 bridgehead atoms. The Morgan fingerprint density at radius 2 is 1.66 bits per heavy atom. The second-order valence-electron chi connectivity index (χ2n) is 8.16. The number of nitrogens with one attached hydrogen (secondary N) is 1. The first-order valence-corrected chi connectivity index (χ1v) is 10.2. The molecular formula is C24H34N2O3. The Balaban J connectivity index is 2.06. The van der Waals surface area contributed by atoms with Crippen molar-refractivity contribution in [2.24, 2.45) is 11.7 Å². The maximum Gasteiger partial charge on any atom is 0.258 e. The first-order valence-electron chi connectivity index (χ1n) is 10.2. The standard InChI is InChI=1S/C24H34N2O3/c1-16(2)13-20(25)14-21(27)23(19-11-6-5-7-12-19)26-22(28)15-29-24-17(3)9-8-10-18(24)4/h5-12,16,20-21,23,27H,13-15,25H2,1-4H3,(H,26,28)/t20-,21-,23+/m0/s1.